The van der Waals surface area contributed by atoms with Crippen LogP contribution in [0.5, 0.6) is 0 Å². The molecule has 0 aromatic heterocycles. The molecule has 0 saturated carbocycles. The largest absolute Gasteiger partial charge is 0.285 e. The Morgan fingerprint density at radius 3 is 2.10 bits per heavy atom. The highest BCUT2D eigenvalue weighted by molar-refractivity contribution is 8.10. The summed E-state index contributed by atoms with van der Waals surface area (Å²) in [5.41, 5.74) is 0. The van der Waals surface area contributed by atoms with Crippen molar-refractivity contribution in [1.82, 2.24) is 0 Å². The molecule has 2 atom stereocenters. The van der Waals surface area contributed by atoms with Crippen LogP contribution in [0.1, 0.15) is 6.42 Å². The maximum atomic E-state index is 12.4. The van der Waals surface area contributed by atoms with Gasteiger partial charge in [0.2, 0.25) is 0 Å². The highest BCUT2D eigenvalue weighted by Crippen LogP contribution is 2.33. The van der Waals surface area contributed by atoms with Crippen LogP contribution in [0, 0.1) is 0 Å². The number of sulfone groups is 2. The van der Waals surface area contributed by atoms with Crippen molar-refractivity contribution in [2.45, 2.75) is 21.1 Å². The zero-order chi connectivity index (χ0) is 15.2. The van der Waals surface area contributed by atoms with Crippen molar-refractivity contribution in [3.05, 3.63) is 30.3 Å². The summed E-state index contributed by atoms with van der Waals surface area (Å²) in [7, 11) is -13.3. The first-order valence-electron chi connectivity index (χ1n) is 5.53. The lowest BCUT2D eigenvalue weighted by Gasteiger charge is -2.16. The minimum absolute atomic E-state index is 0.288. The van der Waals surface area contributed by atoms with Crippen LogP contribution in [0.3, 0.4) is 0 Å². The van der Waals surface area contributed by atoms with Crippen molar-refractivity contribution < 1.29 is 29.8 Å². The standard InChI is InChI=1S/C10H12O7S3/c11-18(12)7-6-9(20(15,16)17)10(18)19(13,14)8-4-2-1-3-5-8/h1-5,9-10H,6-7H2,(H,15,16,17)/t9-,10+/m1/s1. The summed E-state index contributed by atoms with van der Waals surface area (Å²) in [5, 5.41) is -1.85. The van der Waals surface area contributed by atoms with Gasteiger partial charge in [0.1, 0.15) is 5.25 Å². The van der Waals surface area contributed by atoms with Crippen molar-refractivity contribution in [2.24, 2.45) is 0 Å². The van der Waals surface area contributed by atoms with E-state index >= 15 is 0 Å². The molecule has 0 radical (unpaired) electrons. The Balaban J connectivity index is 2.64. The van der Waals surface area contributed by atoms with Gasteiger partial charge < -0.3 is 0 Å². The molecule has 0 bridgehead atoms. The van der Waals surface area contributed by atoms with Gasteiger partial charge >= 0.3 is 0 Å². The van der Waals surface area contributed by atoms with Crippen LogP contribution in [-0.4, -0.2) is 45.4 Å². The van der Waals surface area contributed by atoms with Crippen LogP contribution in [0.4, 0.5) is 0 Å². The first-order chi connectivity index (χ1) is 9.07. The van der Waals surface area contributed by atoms with E-state index in [1.54, 1.807) is 6.07 Å². The minimum atomic E-state index is -4.77. The van der Waals surface area contributed by atoms with E-state index in [0.29, 0.717) is 0 Å². The van der Waals surface area contributed by atoms with Gasteiger partial charge in [-0.2, -0.15) is 8.42 Å². The summed E-state index contributed by atoms with van der Waals surface area (Å²) in [4.78, 5) is -0.288. The monoisotopic (exact) mass is 340 g/mol. The first-order valence-corrected chi connectivity index (χ1v) is 10.3. The molecule has 1 fully saturated rings. The Morgan fingerprint density at radius 1 is 1.05 bits per heavy atom. The lowest BCUT2D eigenvalue weighted by molar-refractivity contribution is 0.467. The third-order valence-corrected chi connectivity index (χ3v) is 10.1. The zero-order valence-corrected chi connectivity index (χ0v) is 12.5. The van der Waals surface area contributed by atoms with Gasteiger partial charge in [-0.3, -0.25) is 4.55 Å². The van der Waals surface area contributed by atoms with Crippen LogP contribution in [-0.2, 0) is 29.8 Å². The quantitative estimate of drug-likeness (QED) is 0.760. The molecule has 0 spiro atoms. The molecule has 112 valence electrons. The lowest BCUT2D eigenvalue weighted by atomic mass is 10.4. The maximum Gasteiger partial charge on any atom is 0.270 e. The molecule has 7 nitrogen and oxygen atoms in total. The average molecular weight is 340 g/mol. The van der Waals surface area contributed by atoms with Gasteiger partial charge in [-0.1, -0.05) is 18.2 Å². The molecule has 0 aliphatic carbocycles. The molecule has 1 N–H and O–H groups in total. The second-order valence-corrected chi connectivity index (χ2v) is 10.7. The first kappa shape index (κ1) is 15.4. The van der Waals surface area contributed by atoms with Gasteiger partial charge in [-0.15, -0.1) is 0 Å². The maximum absolute atomic E-state index is 12.4. The van der Waals surface area contributed by atoms with Crippen molar-refractivity contribution in [2.75, 3.05) is 5.75 Å². The predicted molar refractivity (Wildman–Crippen MR) is 71.2 cm³/mol. The van der Waals surface area contributed by atoms with Gasteiger partial charge in [0, 0.05) is 0 Å². The van der Waals surface area contributed by atoms with Gasteiger partial charge in [0.05, 0.1) is 10.6 Å². The molecule has 2 rings (SSSR count). The summed E-state index contributed by atoms with van der Waals surface area (Å²) < 4.78 is 77.9. The van der Waals surface area contributed by atoms with Crippen molar-refractivity contribution in [1.29, 1.82) is 0 Å². The Hall–Kier alpha value is -0.970. The van der Waals surface area contributed by atoms with Crippen molar-refractivity contribution in [3.63, 3.8) is 0 Å². The molecule has 0 unspecified atom stereocenters. The zero-order valence-electron chi connectivity index (χ0n) is 10.1. The second kappa shape index (κ2) is 4.79. The average Bonchev–Trinajstić information content (AvgIpc) is 2.66. The molecule has 1 aromatic rings. The number of rotatable bonds is 3. The fourth-order valence-corrected chi connectivity index (χ4v) is 9.75. The van der Waals surface area contributed by atoms with Gasteiger partial charge in [0.15, 0.2) is 24.3 Å². The second-order valence-electron chi connectivity index (χ2n) is 4.44. The van der Waals surface area contributed by atoms with E-state index in [-0.39, 0.29) is 4.90 Å². The van der Waals surface area contributed by atoms with Crippen LogP contribution in [0.2, 0.25) is 0 Å². The van der Waals surface area contributed by atoms with Crippen LogP contribution in [0.15, 0.2) is 35.2 Å². The number of hydrogen-bond donors (Lipinski definition) is 1. The molecule has 0 amide bonds. The van der Waals surface area contributed by atoms with Crippen LogP contribution in [0.25, 0.3) is 0 Å². The topological polar surface area (TPSA) is 123 Å². The summed E-state index contributed by atoms with van der Waals surface area (Å²) in [6.07, 6.45) is -0.433. The Bertz CT molecular complexity index is 807. The van der Waals surface area contributed by atoms with Gasteiger partial charge in [0.25, 0.3) is 10.1 Å². The Kier molecular flexibility index (Phi) is 3.70. The normalized spacial score (nSPS) is 26.4. The molecule has 1 saturated heterocycles. The van der Waals surface area contributed by atoms with E-state index in [1.165, 1.54) is 24.3 Å². The minimum Gasteiger partial charge on any atom is -0.285 e. The lowest BCUT2D eigenvalue weighted by Crippen LogP contribution is -2.39. The predicted octanol–water partition coefficient (Wildman–Crippen LogP) is -0.139. The molecule has 1 aliphatic rings. The Labute approximate surface area is 117 Å². The molecule has 1 heterocycles. The van der Waals surface area contributed by atoms with Crippen molar-refractivity contribution in [3.8, 4) is 0 Å². The van der Waals surface area contributed by atoms with E-state index in [9.17, 15) is 25.3 Å². The summed E-state index contributed by atoms with van der Waals surface area (Å²) in [6.45, 7) is 0. The number of benzene rings is 1. The molecule has 10 heteroatoms. The SMILES string of the molecule is O=S(=O)(O)[C@@H]1CCS(=O)(=O)[C@H]1S(=O)(=O)c1ccccc1. The van der Waals surface area contributed by atoms with E-state index < -0.39 is 51.8 Å². The van der Waals surface area contributed by atoms with Crippen LogP contribution < -0.4 is 0 Å². The van der Waals surface area contributed by atoms with Gasteiger partial charge in [-0.25, -0.2) is 16.8 Å². The van der Waals surface area contributed by atoms with E-state index in [0.717, 1.165) is 0 Å². The van der Waals surface area contributed by atoms with E-state index in [4.69, 9.17) is 4.55 Å². The molecule has 1 aromatic carbocycles. The summed E-state index contributed by atoms with van der Waals surface area (Å²) in [5.74, 6) is -0.589. The fourth-order valence-electron chi connectivity index (χ4n) is 2.19. The smallest absolute Gasteiger partial charge is 0.270 e. The van der Waals surface area contributed by atoms with Crippen molar-refractivity contribution >= 4 is 29.8 Å². The third kappa shape index (κ3) is 2.60. The molecular formula is C10H12O7S3. The molecule has 1 aliphatic heterocycles. The van der Waals surface area contributed by atoms with E-state index in [2.05, 4.69) is 0 Å². The summed E-state index contributed by atoms with van der Waals surface area (Å²) >= 11 is 0. The summed E-state index contributed by atoms with van der Waals surface area (Å²) in [6, 6.07) is 6.71. The molecule has 20 heavy (non-hydrogen) atoms. The third-order valence-electron chi connectivity index (χ3n) is 3.10. The van der Waals surface area contributed by atoms with Gasteiger partial charge in [-0.05, 0) is 18.6 Å². The highest BCUT2D eigenvalue weighted by Gasteiger charge is 2.54. The van der Waals surface area contributed by atoms with E-state index in [1.807, 2.05) is 0 Å². The molecular weight excluding hydrogens is 328 g/mol. The van der Waals surface area contributed by atoms with Crippen LogP contribution >= 0.6 is 0 Å². The number of hydrogen-bond acceptors (Lipinski definition) is 6. The Morgan fingerprint density at radius 2 is 1.60 bits per heavy atom. The highest BCUT2D eigenvalue weighted by atomic mass is 32.3. The fraction of sp³-hybridized carbons (Fsp3) is 0.400.